The van der Waals surface area contributed by atoms with Gasteiger partial charge in [-0.2, -0.15) is 0 Å². The number of fused-ring (bicyclic) bond motifs is 1. The van der Waals surface area contributed by atoms with Crippen molar-refractivity contribution < 1.29 is 13.6 Å². The zero-order valence-electron chi connectivity index (χ0n) is 13.0. The minimum absolute atomic E-state index is 0.280. The van der Waals surface area contributed by atoms with Crippen molar-refractivity contribution >= 4 is 28.8 Å². The third-order valence-corrected chi connectivity index (χ3v) is 4.21. The van der Waals surface area contributed by atoms with Gasteiger partial charge < -0.3 is 14.2 Å². The van der Waals surface area contributed by atoms with E-state index >= 15 is 0 Å². The second-order valence-electron chi connectivity index (χ2n) is 6.11. The zero-order valence-corrected chi connectivity index (χ0v) is 13.0. The Hall–Kier alpha value is -3.02. The Bertz CT molecular complexity index is 992. The van der Waals surface area contributed by atoms with Crippen LogP contribution in [0, 0.1) is 5.92 Å². The first-order valence-corrected chi connectivity index (χ1v) is 7.80. The van der Waals surface area contributed by atoms with Crippen molar-refractivity contribution in [2.24, 2.45) is 5.92 Å². The number of H-pyrrole nitrogens is 1. The molecule has 0 aliphatic heterocycles. The largest absolute Gasteiger partial charge is 0.461 e. The van der Waals surface area contributed by atoms with Crippen LogP contribution in [0.4, 0.5) is 5.69 Å². The topological polar surface area (TPSA) is 88.2 Å². The number of furan rings is 1. The molecule has 1 amide bonds. The minimum Gasteiger partial charge on any atom is -0.461 e. The first-order valence-electron chi connectivity index (χ1n) is 7.80. The van der Waals surface area contributed by atoms with Crippen LogP contribution in [0.5, 0.6) is 0 Å². The third-order valence-electron chi connectivity index (χ3n) is 4.21. The van der Waals surface area contributed by atoms with Gasteiger partial charge in [0.1, 0.15) is 11.5 Å². The summed E-state index contributed by atoms with van der Waals surface area (Å²) >= 11 is 0. The van der Waals surface area contributed by atoms with Gasteiger partial charge in [0, 0.05) is 17.7 Å². The molecular weight excluding hydrogens is 308 g/mol. The van der Waals surface area contributed by atoms with Crippen LogP contribution in [0.2, 0.25) is 0 Å². The number of carbonyl (C=O) groups excluding carboxylic acids is 1. The van der Waals surface area contributed by atoms with Gasteiger partial charge in [0.05, 0.1) is 5.52 Å². The van der Waals surface area contributed by atoms with Crippen molar-refractivity contribution in [1.82, 2.24) is 4.98 Å². The molecule has 2 N–H and O–H groups in total. The molecule has 2 aromatic heterocycles. The molecule has 1 aliphatic carbocycles. The maximum Gasteiger partial charge on any atom is 0.417 e. The number of carbonyl (C=O) groups is 1. The van der Waals surface area contributed by atoms with E-state index in [0.717, 1.165) is 12.2 Å². The third kappa shape index (κ3) is 2.90. The molecule has 122 valence electrons. The van der Waals surface area contributed by atoms with Gasteiger partial charge in [-0.3, -0.25) is 9.78 Å². The van der Waals surface area contributed by atoms with E-state index in [-0.39, 0.29) is 5.91 Å². The molecule has 1 saturated carbocycles. The summed E-state index contributed by atoms with van der Waals surface area (Å²) in [6.07, 6.45) is 4.22. The Balaban J connectivity index is 1.43. The maximum absolute atomic E-state index is 12.0. The average Bonchev–Trinajstić information content (AvgIpc) is 2.97. The van der Waals surface area contributed by atoms with Crippen molar-refractivity contribution in [3.05, 3.63) is 58.5 Å². The number of rotatable bonds is 4. The molecule has 0 bridgehead atoms. The van der Waals surface area contributed by atoms with Crippen LogP contribution < -0.4 is 11.1 Å². The average molecular weight is 324 g/mol. The molecule has 2 atom stereocenters. The molecule has 24 heavy (non-hydrogen) atoms. The zero-order chi connectivity index (χ0) is 16.7. The van der Waals surface area contributed by atoms with Gasteiger partial charge in [0.15, 0.2) is 5.58 Å². The summed E-state index contributed by atoms with van der Waals surface area (Å²) in [4.78, 5) is 25.7. The van der Waals surface area contributed by atoms with E-state index in [2.05, 4.69) is 17.2 Å². The van der Waals surface area contributed by atoms with Gasteiger partial charge in [-0.25, -0.2) is 4.79 Å². The first kappa shape index (κ1) is 14.6. The van der Waals surface area contributed by atoms with E-state index < -0.39 is 5.76 Å². The van der Waals surface area contributed by atoms with Crippen molar-refractivity contribution in [3.8, 4) is 0 Å². The van der Waals surface area contributed by atoms with Gasteiger partial charge in [0.25, 0.3) is 0 Å². The van der Waals surface area contributed by atoms with Crippen LogP contribution in [0.15, 0.2) is 50.0 Å². The molecule has 0 spiro atoms. The molecule has 2 heterocycles. The highest BCUT2D eigenvalue weighted by Crippen LogP contribution is 2.47. The summed E-state index contributed by atoms with van der Waals surface area (Å²) in [7, 11) is 0. The number of nitrogens with one attached hydrogen (secondary N) is 2. The van der Waals surface area contributed by atoms with Crippen LogP contribution in [0.25, 0.3) is 17.2 Å². The molecule has 1 aliphatic rings. The molecule has 0 unspecified atom stereocenters. The monoisotopic (exact) mass is 324 g/mol. The van der Waals surface area contributed by atoms with E-state index in [0.29, 0.717) is 34.4 Å². The predicted molar refractivity (Wildman–Crippen MR) is 89.7 cm³/mol. The van der Waals surface area contributed by atoms with Crippen LogP contribution in [-0.2, 0) is 4.79 Å². The quantitative estimate of drug-likeness (QED) is 0.719. The summed E-state index contributed by atoms with van der Waals surface area (Å²) in [5, 5.41) is 2.73. The Morgan fingerprint density at radius 1 is 1.29 bits per heavy atom. The smallest absolute Gasteiger partial charge is 0.417 e. The van der Waals surface area contributed by atoms with Crippen LogP contribution in [0.3, 0.4) is 0 Å². The van der Waals surface area contributed by atoms with Crippen LogP contribution in [-0.4, -0.2) is 10.9 Å². The fraction of sp³-hybridized carbons (Fsp3) is 0.222. The van der Waals surface area contributed by atoms with Gasteiger partial charge in [-0.15, -0.1) is 0 Å². The Kier molecular flexibility index (Phi) is 3.37. The fourth-order valence-corrected chi connectivity index (χ4v) is 2.75. The van der Waals surface area contributed by atoms with Gasteiger partial charge in [0.2, 0.25) is 5.91 Å². The highest BCUT2D eigenvalue weighted by Gasteiger charge is 2.36. The van der Waals surface area contributed by atoms with Crippen LogP contribution >= 0.6 is 0 Å². The second-order valence-corrected chi connectivity index (χ2v) is 6.11. The Morgan fingerprint density at radius 2 is 2.12 bits per heavy atom. The highest BCUT2D eigenvalue weighted by molar-refractivity contribution is 6.02. The summed E-state index contributed by atoms with van der Waals surface area (Å²) in [5.74, 6) is 2.04. The predicted octanol–water partition coefficient (Wildman–Crippen LogP) is 3.49. The minimum atomic E-state index is -0.521. The second kappa shape index (κ2) is 5.56. The Labute approximate surface area is 137 Å². The number of anilines is 1. The summed E-state index contributed by atoms with van der Waals surface area (Å²) in [6.45, 7) is 2.19. The van der Waals surface area contributed by atoms with Crippen LogP contribution in [0.1, 0.15) is 30.8 Å². The molecule has 3 aromatic rings. The summed E-state index contributed by atoms with van der Waals surface area (Å²) < 4.78 is 10.6. The molecular formula is C18H16N2O4. The van der Waals surface area contributed by atoms with Gasteiger partial charge in [-0.05, 0) is 48.7 Å². The fourth-order valence-electron chi connectivity index (χ4n) is 2.75. The molecule has 1 aromatic carbocycles. The molecule has 6 nitrogen and oxygen atoms in total. The lowest BCUT2D eigenvalue weighted by atomic mass is 10.2. The number of oxazole rings is 1. The number of aromatic nitrogens is 1. The maximum atomic E-state index is 12.0. The lowest BCUT2D eigenvalue weighted by molar-refractivity contribution is -0.111. The summed E-state index contributed by atoms with van der Waals surface area (Å²) in [5.41, 5.74) is 1.56. The van der Waals surface area contributed by atoms with E-state index in [1.165, 1.54) is 6.08 Å². The molecule has 1 fully saturated rings. The number of benzene rings is 1. The lowest BCUT2D eigenvalue weighted by Gasteiger charge is -2.01. The van der Waals surface area contributed by atoms with Crippen molar-refractivity contribution in [2.45, 2.75) is 19.3 Å². The standard InChI is InChI=1S/C18H16N2O4/c1-10-8-13(10)15-6-3-12(23-15)4-7-17(21)19-11-2-5-16-14(9-11)20-18(22)24-16/h2-7,9-10,13H,8H2,1H3,(H,19,21)(H,20,22)/b7-4+/t10-,13+/m1/s1. The van der Waals surface area contributed by atoms with E-state index in [1.54, 1.807) is 24.3 Å². The van der Waals surface area contributed by atoms with Crippen molar-refractivity contribution in [2.75, 3.05) is 5.32 Å². The molecule has 0 radical (unpaired) electrons. The molecule has 4 rings (SSSR count). The highest BCUT2D eigenvalue weighted by atomic mass is 16.4. The number of amides is 1. The van der Waals surface area contributed by atoms with Gasteiger partial charge in [-0.1, -0.05) is 6.92 Å². The first-order chi connectivity index (χ1) is 11.6. The normalized spacial score (nSPS) is 19.9. The number of aromatic amines is 1. The van der Waals surface area contributed by atoms with E-state index in [1.807, 2.05) is 12.1 Å². The van der Waals surface area contributed by atoms with Gasteiger partial charge >= 0.3 is 5.76 Å². The van der Waals surface area contributed by atoms with E-state index in [4.69, 9.17) is 8.83 Å². The molecule has 0 saturated heterocycles. The summed E-state index contributed by atoms with van der Waals surface area (Å²) in [6, 6.07) is 8.78. The lowest BCUT2D eigenvalue weighted by Crippen LogP contribution is -2.07. The molecule has 6 heteroatoms. The number of hydrogen-bond donors (Lipinski definition) is 2. The number of hydrogen-bond acceptors (Lipinski definition) is 4. The van der Waals surface area contributed by atoms with Crippen molar-refractivity contribution in [3.63, 3.8) is 0 Å². The Morgan fingerprint density at radius 3 is 2.92 bits per heavy atom. The SMILES string of the molecule is C[C@@H]1C[C@@H]1c1ccc(/C=C/C(=O)Nc2ccc3oc(=O)[nH]c3c2)o1. The van der Waals surface area contributed by atoms with Crippen molar-refractivity contribution in [1.29, 1.82) is 0 Å². The van der Waals surface area contributed by atoms with E-state index in [9.17, 15) is 9.59 Å².